The van der Waals surface area contributed by atoms with Crippen molar-refractivity contribution in [3.05, 3.63) is 29.6 Å². The monoisotopic (exact) mass is 314 g/mol. The maximum Gasteiger partial charge on any atom is 0.243 e. The molecule has 2 rings (SSSR count). The highest BCUT2D eigenvalue weighted by Crippen LogP contribution is 2.35. The van der Waals surface area contributed by atoms with Crippen LogP contribution in [0, 0.1) is 11.2 Å². The second kappa shape index (κ2) is 6.02. The summed E-state index contributed by atoms with van der Waals surface area (Å²) in [6, 6.07) is 3.88. The summed E-state index contributed by atoms with van der Waals surface area (Å²) >= 11 is 0. The van der Waals surface area contributed by atoms with Crippen LogP contribution in [0.3, 0.4) is 0 Å². The number of benzene rings is 1. The van der Waals surface area contributed by atoms with Crippen molar-refractivity contribution < 1.29 is 12.8 Å². The van der Waals surface area contributed by atoms with E-state index in [1.165, 1.54) is 12.1 Å². The van der Waals surface area contributed by atoms with E-state index in [0.29, 0.717) is 5.56 Å². The molecule has 1 aliphatic rings. The second-order valence-electron chi connectivity index (χ2n) is 6.55. The standard InChI is InChI=1S/C15H23FN2O2S/c1-15(2)7-3-4-12(9-15)18-21(19,20)14-6-5-11(10-17)8-13(14)16/h5-6,8,12,18H,3-4,7,9-10,17H2,1-2H3. The van der Waals surface area contributed by atoms with Crippen LogP contribution in [-0.2, 0) is 16.6 Å². The highest BCUT2D eigenvalue weighted by atomic mass is 32.2. The zero-order valence-corrected chi connectivity index (χ0v) is 13.3. The molecule has 0 amide bonds. The van der Waals surface area contributed by atoms with Gasteiger partial charge in [0.1, 0.15) is 10.7 Å². The third-order valence-corrected chi connectivity index (χ3v) is 5.60. The second-order valence-corrected chi connectivity index (χ2v) is 8.23. The van der Waals surface area contributed by atoms with Gasteiger partial charge in [-0.2, -0.15) is 0 Å². The third-order valence-electron chi connectivity index (χ3n) is 4.05. The van der Waals surface area contributed by atoms with Gasteiger partial charge in [0, 0.05) is 12.6 Å². The van der Waals surface area contributed by atoms with E-state index in [1.807, 2.05) is 0 Å². The molecular formula is C15H23FN2O2S. The van der Waals surface area contributed by atoms with E-state index in [0.717, 1.165) is 25.7 Å². The molecule has 21 heavy (non-hydrogen) atoms. The first-order valence-corrected chi connectivity index (χ1v) is 8.73. The Balaban J connectivity index is 2.19. The smallest absolute Gasteiger partial charge is 0.243 e. The topological polar surface area (TPSA) is 72.2 Å². The van der Waals surface area contributed by atoms with Crippen LogP contribution in [0.4, 0.5) is 4.39 Å². The predicted octanol–water partition coefficient (Wildman–Crippen LogP) is 2.53. The predicted molar refractivity (Wildman–Crippen MR) is 80.6 cm³/mol. The van der Waals surface area contributed by atoms with Crippen LogP contribution in [0.5, 0.6) is 0 Å². The molecule has 1 unspecified atom stereocenters. The first-order valence-electron chi connectivity index (χ1n) is 7.24. The van der Waals surface area contributed by atoms with Crippen molar-refractivity contribution in [2.75, 3.05) is 0 Å². The minimum Gasteiger partial charge on any atom is -0.326 e. The Kier molecular flexibility index (Phi) is 4.70. The summed E-state index contributed by atoms with van der Waals surface area (Å²) in [5.74, 6) is -0.750. The summed E-state index contributed by atoms with van der Waals surface area (Å²) < 4.78 is 41.3. The van der Waals surface area contributed by atoms with Gasteiger partial charge >= 0.3 is 0 Å². The maximum atomic E-state index is 14.0. The van der Waals surface area contributed by atoms with Crippen LogP contribution >= 0.6 is 0 Å². The Morgan fingerprint density at radius 2 is 2.14 bits per heavy atom. The fourth-order valence-corrected chi connectivity index (χ4v) is 4.30. The van der Waals surface area contributed by atoms with Crippen molar-refractivity contribution in [1.29, 1.82) is 0 Å². The average molecular weight is 314 g/mol. The molecule has 0 saturated heterocycles. The van der Waals surface area contributed by atoms with E-state index >= 15 is 0 Å². The molecule has 118 valence electrons. The Bertz CT molecular complexity index is 614. The van der Waals surface area contributed by atoms with Crippen LogP contribution in [0.15, 0.2) is 23.1 Å². The first-order chi connectivity index (χ1) is 9.73. The quantitative estimate of drug-likeness (QED) is 0.897. The molecule has 0 spiro atoms. The van der Waals surface area contributed by atoms with Gasteiger partial charge in [0.25, 0.3) is 0 Å². The zero-order chi connectivity index (χ0) is 15.7. The first kappa shape index (κ1) is 16.4. The minimum atomic E-state index is -3.83. The number of hydrogen-bond acceptors (Lipinski definition) is 3. The summed E-state index contributed by atoms with van der Waals surface area (Å²) in [5.41, 5.74) is 6.12. The summed E-state index contributed by atoms with van der Waals surface area (Å²) in [6.45, 7) is 4.44. The molecule has 1 aliphatic carbocycles. The molecule has 1 atom stereocenters. The molecule has 0 bridgehead atoms. The van der Waals surface area contributed by atoms with Gasteiger partial charge in [0.15, 0.2) is 0 Å². The largest absolute Gasteiger partial charge is 0.326 e. The molecule has 1 aromatic carbocycles. The van der Waals surface area contributed by atoms with Crippen molar-refractivity contribution in [3.8, 4) is 0 Å². The van der Waals surface area contributed by atoms with E-state index in [2.05, 4.69) is 18.6 Å². The Morgan fingerprint density at radius 1 is 1.43 bits per heavy atom. The van der Waals surface area contributed by atoms with E-state index in [4.69, 9.17) is 5.73 Å². The van der Waals surface area contributed by atoms with Crippen LogP contribution in [0.1, 0.15) is 45.1 Å². The lowest BCUT2D eigenvalue weighted by atomic mass is 9.75. The lowest BCUT2D eigenvalue weighted by Gasteiger charge is -2.35. The maximum absolute atomic E-state index is 14.0. The Hall–Kier alpha value is -0.980. The number of nitrogens with two attached hydrogens (primary N) is 1. The fourth-order valence-electron chi connectivity index (χ4n) is 2.97. The van der Waals surface area contributed by atoms with Gasteiger partial charge in [-0.25, -0.2) is 17.5 Å². The minimum absolute atomic E-state index is 0.118. The van der Waals surface area contributed by atoms with Gasteiger partial charge in [-0.15, -0.1) is 0 Å². The molecular weight excluding hydrogens is 291 g/mol. The van der Waals surface area contributed by atoms with E-state index in [1.54, 1.807) is 6.07 Å². The van der Waals surface area contributed by atoms with Gasteiger partial charge in [-0.1, -0.05) is 26.3 Å². The molecule has 6 heteroatoms. The SMILES string of the molecule is CC1(C)CCCC(NS(=O)(=O)c2ccc(CN)cc2F)C1. The van der Waals surface area contributed by atoms with Crippen LogP contribution < -0.4 is 10.5 Å². The van der Waals surface area contributed by atoms with Crippen LogP contribution in [-0.4, -0.2) is 14.5 Å². The van der Waals surface area contributed by atoms with Gasteiger partial charge < -0.3 is 5.73 Å². The third kappa shape index (κ3) is 4.02. The lowest BCUT2D eigenvalue weighted by Crippen LogP contribution is -2.40. The van der Waals surface area contributed by atoms with Crippen LogP contribution in [0.25, 0.3) is 0 Å². The summed E-state index contributed by atoms with van der Waals surface area (Å²) in [6.07, 6.45) is 3.64. The molecule has 1 saturated carbocycles. The van der Waals surface area contributed by atoms with Crippen molar-refractivity contribution in [2.45, 2.75) is 57.0 Å². The molecule has 1 fully saturated rings. The highest BCUT2D eigenvalue weighted by Gasteiger charge is 2.31. The summed E-state index contributed by atoms with van der Waals surface area (Å²) in [7, 11) is -3.83. The number of halogens is 1. The van der Waals surface area contributed by atoms with Crippen molar-refractivity contribution in [2.24, 2.45) is 11.1 Å². The molecule has 0 radical (unpaired) electrons. The molecule has 0 aliphatic heterocycles. The van der Waals surface area contributed by atoms with Gasteiger partial charge in [-0.05, 0) is 42.4 Å². The average Bonchev–Trinajstić information content (AvgIpc) is 2.36. The lowest BCUT2D eigenvalue weighted by molar-refractivity contribution is 0.212. The van der Waals surface area contributed by atoms with E-state index < -0.39 is 15.8 Å². The van der Waals surface area contributed by atoms with Crippen LogP contribution in [0.2, 0.25) is 0 Å². The molecule has 0 heterocycles. The summed E-state index contributed by atoms with van der Waals surface area (Å²) in [5, 5.41) is 0. The number of hydrogen-bond donors (Lipinski definition) is 2. The zero-order valence-electron chi connectivity index (χ0n) is 12.5. The van der Waals surface area contributed by atoms with Crippen molar-refractivity contribution >= 4 is 10.0 Å². The summed E-state index contributed by atoms with van der Waals surface area (Å²) in [4.78, 5) is -0.303. The number of sulfonamides is 1. The Labute approximate surface area is 126 Å². The number of rotatable bonds is 4. The highest BCUT2D eigenvalue weighted by molar-refractivity contribution is 7.89. The van der Waals surface area contributed by atoms with Gasteiger partial charge in [0.2, 0.25) is 10.0 Å². The Morgan fingerprint density at radius 3 is 2.71 bits per heavy atom. The molecule has 3 N–H and O–H groups in total. The van der Waals surface area contributed by atoms with Gasteiger partial charge in [-0.3, -0.25) is 0 Å². The van der Waals surface area contributed by atoms with E-state index in [9.17, 15) is 12.8 Å². The van der Waals surface area contributed by atoms with Crippen molar-refractivity contribution in [3.63, 3.8) is 0 Å². The van der Waals surface area contributed by atoms with Gasteiger partial charge in [0.05, 0.1) is 0 Å². The molecule has 0 aromatic heterocycles. The van der Waals surface area contributed by atoms with E-state index in [-0.39, 0.29) is 22.9 Å². The fraction of sp³-hybridized carbons (Fsp3) is 0.600. The molecule has 1 aromatic rings. The van der Waals surface area contributed by atoms with Crippen molar-refractivity contribution in [1.82, 2.24) is 4.72 Å². The number of nitrogens with one attached hydrogen (secondary N) is 1. The molecule has 4 nitrogen and oxygen atoms in total. The normalized spacial score (nSPS) is 22.2.